The van der Waals surface area contributed by atoms with Gasteiger partial charge in [-0.2, -0.15) is 5.26 Å². The van der Waals surface area contributed by atoms with Gasteiger partial charge in [-0.05, 0) is 42.2 Å². The molecule has 0 amide bonds. The van der Waals surface area contributed by atoms with Gasteiger partial charge < -0.3 is 5.01 Å². The lowest BCUT2D eigenvalue weighted by molar-refractivity contribution is 0.613. The minimum atomic E-state index is 0.590. The maximum Gasteiger partial charge on any atom is 0.139 e. The van der Waals surface area contributed by atoms with E-state index in [0.717, 1.165) is 17.6 Å². The predicted octanol–water partition coefficient (Wildman–Crippen LogP) is 4.06. The van der Waals surface area contributed by atoms with Crippen molar-refractivity contribution in [3.8, 4) is 6.07 Å². The van der Waals surface area contributed by atoms with E-state index in [2.05, 4.69) is 63.5 Å². The Labute approximate surface area is 171 Å². The highest BCUT2D eigenvalue weighted by Crippen LogP contribution is 2.23. The molecule has 0 N–H and O–H groups in total. The first-order valence-corrected chi connectivity index (χ1v) is 9.58. The molecule has 0 saturated heterocycles. The van der Waals surface area contributed by atoms with Crippen LogP contribution in [0.25, 0.3) is 5.57 Å². The first-order valence-electron chi connectivity index (χ1n) is 9.58. The number of allylic oxidation sites excluding steroid dienone is 3. The second-order valence-electron chi connectivity index (χ2n) is 6.67. The van der Waals surface area contributed by atoms with Crippen LogP contribution in [0.4, 0.5) is 0 Å². The van der Waals surface area contributed by atoms with Gasteiger partial charge in [0.15, 0.2) is 0 Å². The number of hydrogen-bond donors (Lipinski definition) is 0. The lowest BCUT2D eigenvalue weighted by Gasteiger charge is -2.24. The van der Waals surface area contributed by atoms with Gasteiger partial charge in [0, 0.05) is 12.4 Å². The van der Waals surface area contributed by atoms with Crippen LogP contribution >= 0.6 is 0 Å². The number of pyridine rings is 1. The Morgan fingerprint density at radius 3 is 2.38 bits per heavy atom. The summed E-state index contributed by atoms with van der Waals surface area (Å²) in [5.41, 5.74) is 4.96. The predicted molar refractivity (Wildman–Crippen MR) is 114 cm³/mol. The van der Waals surface area contributed by atoms with Crippen molar-refractivity contribution in [1.82, 2.24) is 19.9 Å². The monoisotopic (exact) mass is 384 g/mol. The van der Waals surface area contributed by atoms with Gasteiger partial charge in [-0.25, -0.2) is 4.68 Å². The summed E-state index contributed by atoms with van der Waals surface area (Å²) in [6, 6.07) is 14.7. The molecule has 1 aromatic carbocycles. The van der Waals surface area contributed by atoms with E-state index < -0.39 is 0 Å². The van der Waals surface area contributed by atoms with Crippen molar-refractivity contribution in [3.63, 3.8) is 0 Å². The molecule has 0 radical (unpaired) electrons. The third kappa shape index (κ3) is 5.39. The van der Waals surface area contributed by atoms with Crippen molar-refractivity contribution in [1.29, 1.82) is 5.26 Å². The lowest BCUT2D eigenvalue weighted by Crippen LogP contribution is -2.33. The van der Waals surface area contributed by atoms with E-state index in [4.69, 9.17) is 0 Å². The van der Waals surface area contributed by atoms with Gasteiger partial charge in [0.05, 0.1) is 24.7 Å². The van der Waals surface area contributed by atoms with Crippen LogP contribution in [-0.2, 0) is 6.54 Å². The zero-order chi connectivity index (χ0) is 20.5. The third-order valence-corrected chi connectivity index (χ3v) is 4.54. The fraction of sp³-hybridized carbons (Fsp3) is 0.217. The SMILES string of the molecule is CC/C=C(C#N)\C(=C/CN(Cc1ccc(C)cc1)n1cnnc1)c1ccncc1. The molecule has 0 aliphatic rings. The zero-order valence-corrected chi connectivity index (χ0v) is 16.7. The Hall–Kier alpha value is -3.72. The van der Waals surface area contributed by atoms with Crippen molar-refractivity contribution >= 4 is 5.57 Å². The minimum Gasteiger partial charge on any atom is -0.302 e. The molecule has 6 nitrogen and oxygen atoms in total. The van der Waals surface area contributed by atoms with E-state index in [9.17, 15) is 5.26 Å². The Balaban J connectivity index is 1.93. The number of benzene rings is 1. The molecular formula is C23H24N6. The van der Waals surface area contributed by atoms with Crippen LogP contribution in [0.2, 0.25) is 0 Å². The van der Waals surface area contributed by atoms with Crippen molar-refractivity contribution in [3.05, 3.63) is 95.9 Å². The van der Waals surface area contributed by atoms with Crippen molar-refractivity contribution in [2.75, 3.05) is 11.6 Å². The van der Waals surface area contributed by atoms with Crippen LogP contribution in [0.15, 0.2) is 79.2 Å². The number of rotatable bonds is 8. The summed E-state index contributed by atoms with van der Waals surface area (Å²) in [5.74, 6) is 0. The highest BCUT2D eigenvalue weighted by Gasteiger charge is 2.11. The summed E-state index contributed by atoms with van der Waals surface area (Å²) in [5, 5.41) is 19.7. The Bertz CT molecular complexity index is 996. The van der Waals surface area contributed by atoms with E-state index in [1.165, 1.54) is 11.1 Å². The standard InChI is InChI=1S/C23H24N6/c1-3-4-22(15-24)23(21-9-12-25-13-10-21)11-14-28(29-17-26-27-18-29)16-20-7-5-19(2)6-8-20/h4-13,17-18H,3,14,16H2,1-2H3/b22-4-,23-11-. The Kier molecular flexibility index (Phi) is 6.90. The Morgan fingerprint density at radius 2 is 1.76 bits per heavy atom. The molecule has 0 aliphatic heterocycles. The minimum absolute atomic E-state index is 0.590. The van der Waals surface area contributed by atoms with E-state index in [1.807, 2.05) is 29.8 Å². The maximum atomic E-state index is 9.69. The van der Waals surface area contributed by atoms with Gasteiger partial charge in [0.25, 0.3) is 0 Å². The van der Waals surface area contributed by atoms with Gasteiger partial charge in [-0.15, -0.1) is 10.2 Å². The molecule has 0 saturated carbocycles. The fourth-order valence-electron chi connectivity index (χ4n) is 3.02. The van der Waals surface area contributed by atoms with Crippen LogP contribution in [0.1, 0.15) is 30.0 Å². The third-order valence-electron chi connectivity index (χ3n) is 4.54. The maximum absolute atomic E-state index is 9.69. The van der Waals surface area contributed by atoms with Gasteiger partial charge >= 0.3 is 0 Å². The molecule has 0 fully saturated rings. The molecule has 29 heavy (non-hydrogen) atoms. The number of nitrogens with zero attached hydrogens (tertiary/aromatic N) is 6. The van der Waals surface area contributed by atoms with Gasteiger partial charge in [-0.3, -0.25) is 4.98 Å². The summed E-state index contributed by atoms with van der Waals surface area (Å²) in [4.78, 5) is 4.10. The first kappa shape index (κ1) is 20.0. The molecule has 2 aromatic heterocycles. The molecule has 0 spiro atoms. The van der Waals surface area contributed by atoms with E-state index in [1.54, 1.807) is 25.0 Å². The zero-order valence-electron chi connectivity index (χ0n) is 16.7. The second kappa shape index (κ2) is 10.00. The number of aryl methyl sites for hydroxylation is 1. The van der Waals surface area contributed by atoms with Gasteiger partial charge in [0.2, 0.25) is 0 Å². The Morgan fingerprint density at radius 1 is 1.07 bits per heavy atom. The average Bonchev–Trinajstić information content (AvgIpc) is 3.29. The van der Waals surface area contributed by atoms with Crippen LogP contribution < -0.4 is 5.01 Å². The smallest absolute Gasteiger partial charge is 0.139 e. The second-order valence-corrected chi connectivity index (χ2v) is 6.67. The molecule has 146 valence electrons. The lowest BCUT2D eigenvalue weighted by atomic mass is 9.98. The molecule has 3 aromatic rings. The van der Waals surface area contributed by atoms with Crippen LogP contribution in [0, 0.1) is 18.3 Å². The fourth-order valence-corrected chi connectivity index (χ4v) is 3.02. The average molecular weight is 384 g/mol. The topological polar surface area (TPSA) is 70.6 Å². The highest BCUT2D eigenvalue weighted by molar-refractivity contribution is 5.82. The summed E-state index contributed by atoms with van der Waals surface area (Å²) < 4.78 is 1.87. The van der Waals surface area contributed by atoms with E-state index in [-0.39, 0.29) is 0 Å². The quantitative estimate of drug-likeness (QED) is 0.433. The first-order chi connectivity index (χ1) is 14.2. The summed E-state index contributed by atoms with van der Waals surface area (Å²) >= 11 is 0. The molecule has 6 heteroatoms. The molecule has 0 atom stereocenters. The van der Waals surface area contributed by atoms with Crippen molar-refractivity contribution < 1.29 is 0 Å². The molecule has 0 aliphatic carbocycles. The number of hydrogen-bond acceptors (Lipinski definition) is 5. The molecule has 2 heterocycles. The van der Waals surface area contributed by atoms with Crippen LogP contribution in [0.3, 0.4) is 0 Å². The molecular weight excluding hydrogens is 360 g/mol. The summed E-state index contributed by atoms with van der Waals surface area (Å²) in [7, 11) is 0. The summed E-state index contributed by atoms with van der Waals surface area (Å²) in [6.45, 7) is 5.39. The molecule has 0 bridgehead atoms. The number of nitriles is 1. The normalized spacial score (nSPS) is 11.9. The van der Waals surface area contributed by atoms with Gasteiger partial charge in [-0.1, -0.05) is 48.9 Å². The van der Waals surface area contributed by atoms with Crippen molar-refractivity contribution in [2.45, 2.75) is 26.8 Å². The highest BCUT2D eigenvalue weighted by atomic mass is 15.6. The van der Waals surface area contributed by atoms with Gasteiger partial charge in [0.1, 0.15) is 12.7 Å². The molecule has 0 unspecified atom stereocenters. The van der Waals surface area contributed by atoms with Crippen LogP contribution in [-0.4, -0.2) is 26.4 Å². The number of aromatic nitrogens is 4. The van der Waals surface area contributed by atoms with Crippen LogP contribution in [0.5, 0.6) is 0 Å². The molecule has 3 rings (SSSR count). The summed E-state index contributed by atoms with van der Waals surface area (Å²) in [6.07, 6.45) is 11.7. The van der Waals surface area contributed by atoms with E-state index >= 15 is 0 Å². The van der Waals surface area contributed by atoms with Crippen molar-refractivity contribution in [2.24, 2.45) is 0 Å². The largest absolute Gasteiger partial charge is 0.302 e. The van der Waals surface area contributed by atoms with E-state index in [0.29, 0.717) is 18.7 Å².